The summed E-state index contributed by atoms with van der Waals surface area (Å²) in [7, 11) is 0. The molecule has 0 atom stereocenters. The SMILES string of the molecule is CCCCCC(=O)N(CC)CCC(C)C. The Kier molecular flexibility index (Phi) is 8.44. The van der Waals surface area contributed by atoms with E-state index < -0.39 is 0 Å². The van der Waals surface area contributed by atoms with E-state index in [1.807, 2.05) is 4.90 Å². The molecule has 0 rings (SSSR count). The Morgan fingerprint density at radius 2 is 1.87 bits per heavy atom. The molecule has 0 saturated carbocycles. The molecule has 0 fully saturated rings. The van der Waals surface area contributed by atoms with Crippen LogP contribution in [0.25, 0.3) is 0 Å². The number of unbranched alkanes of at least 4 members (excludes halogenated alkanes) is 2. The van der Waals surface area contributed by atoms with Crippen LogP contribution in [0, 0.1) is 5.92 Å². The lowest BCUT2D eigenvalue weighted by atomic mass is 10.1. The molecule has 1 amide bonds. The molecule has 0 spiro atoms. The van der Waals surface area contributed by atoms with Crippen molar-refractivity contribution in [1.29, 1.82) is 0 Å². The van der Waals surface area contributed by atoms with Crippen LogP contribution in [-0.4, -0.2) is 23.9 Å². The van der Waals surface area contributed by atoms with Gasteiger partial charge in [-0.25, -0.2) is 0 Å². The van der Waals surface area contributed by atoms with Crippen LogP contribution >= 0.6 is 0 Å². The summed E-state index contributed by atoms with van der Waals surface area (Å²) in [5, 5.41) is 0. The van der Waals surface area contributed by atoms with Gasteiger partial charge in [0.25, 0.3) is 0 Å². The highest BCUT2D eigenvalue weighted by atomic mass is 16.2. The van der Waals surface area contributed by atoms with E-state index in [0.717, 1.165) is 32.4 Å². The highest BCUT2D eigenvalue weighted by Crippen LogP contribution is 2.06. The van der Waals surface area contributed by atoms with Crippen molar-refractivity contribution in [3.63, 3.8) is 0 Å². The quantitative estimate of drug-likeness (QED) is 0.565. The average molecular weight is 213 g/mol. The van der Waals surface area contributed by atoms with Crippen LogP contribution in [0.5, 0.6) is 0 Å². The fourth-order valence-corrected chi connectivity index (χ4v) is 1.56. The molecule has 0 heterocycles. The van der Waals surface area contributed by atoms with Crippen LogP contribution in [-0.2, 0) is 4.79 Å². The van der Waals surface area contributed by atoms with Gasteiger partial charge < -0.3 is 4.90 Å². The van der Waals surface area contributed by atoms with Crippen molar-refractivity contribution < 1.29 is 4.79 Å². The van der Waals surface area contributed by atoms with Gasteiger partial charge in [0.1, 0.15) is 0 Å². The first-order valence-electron chi connectivity index (χ1n) is 6.39. The number of carbonyl (C=O) groups is 1. The Bertz CT molecular complexity index is 166. The van der Waals surface area contributed by atoms with E-state index in [-0.39, 0.29) is 0 Å². The molecule has 0 aromatic carbocycles. The zero-order valence-electron chi connectivity index (χ0n) is 10.9. The third-order valence-electron chi connectivity index (χ3n) is 2.70. The summed E-state index contributed by atoms with van der Waals surface area (Å²) in [5.74, 6) is 1.02. The number of hydrogen-bond acceptors (Lipinski definition) is 1. The van der Waals surface area contributed by atoms with Crippen LogP contribution in [0.2, 0.25) is 0 Å². The van der Waals surface area contributed by atoms with Gasteiger partial charge >= 0.3 is 0 Å². The molecule has 90 valence electrons. The second-order valence-electron chi connectivity index (χ2n) is 4.61. The first-order chi connectivity index (χ1) is 7.11. The molecule has 2 heteroatoms. The second-order valence-corrected chi connectivity index (χ2v) is 4.61. The maximum Gasteiger partial charge on any atom is 0.222 e. The molecule has 0 aromatic heterocycles. The molecule has 0 N–H and O–H groups in total. The fraction of sp³-hybridized carbons (Fsp3) is 0.923. The van der Waals surface area contributed by atoms with E-state index >= 15 is 0 Å². The van der Waals surface area contributed by atoms with Gasteiger partial charge in [0.15, 0.2) is 0 Å². The zero-order chi connectivity index (χ0) is 11.7. The van der Waals surface area contributed by atoms with Gasteiger partial charge in [0.05, 0.1) is 0 Å². The van der Waals surface area contributed by atoms with E-state index in [1.165, 1.54) is 12.8 Å². The standard InChI is InChI=1S/C13H27NO/c1-5-7-8-9-13(15)14(6-2)11-10-12(3)4/h12H,5-11H2,1-4H3. The maximum absolute atomic E-state index is 11.8. The van der Waals surface area contributed by atoms with Crippen molar-refractivity contribution in [3.05, 3.63) is 0 Å². The summed E-state index contributed by atoms with van der Waals surface area (Å²) in [5.41, 5.74) is 0. The lowest BCUT2D eigenvalue weighted by Gasteiger charge is -2.21. The Morgan fingerprint density at radius 1 is 1.20 bits per heavy atom. The minimum Gasteiger partial charge on any atom is -0.343 e. The minimum atomic E-state index is 0.339. The van der Waals surface area contributed by atoms with E-state index in [1.54, 1.807) is 0 Å². The van der Waals surface area contributed by atoms with Crippen molar-refractivity contribution in [2.45, 2.75) is 59.8 Å². The Morgan fingerprint density at radius 3 is 2.33 bits per heavy atom. The van der Waals surface area contributed by atoms with Gasteiger partial charge in [0, 0.05) is 19.5 Å². The molecule has 0 unspecified atom stereocenters. The van der Waals surface area contributed by atoms with Gasteiger partial charge in [-0.15, -0.1) is 0 Å². The molecular formula is C13H27NO. The van der Waals surface area contributed by atoms with Crippen molar-refractivity contribution in [2.24, 2.45) is 5.92 Å². The summed E-state index contributed by atoms with van der Waals surface area (Å²) in [6.07, 6.45) is 5.26. The largest absolute Gasteiger partial charge is 0.343 e. The number of rotatable bonds is 8. The van der Waals surface area contributed by atoms with Gasteiger partial charge in [-0.05, 0) is 25.7 Å². The van der Waals surface area contributed by atoms with Gasteiger partial charge in [0.2, 0.25) is 5.91 Å². The molecule has 0 bridgehead atoms. The van der Waals surface area contributed by atoms with Crippen molar-refractivity contribution in [3.8, 4) is 0 Å². The molecular weight excluding hydrogens is 186 g/mol. The Balaban J connectivity index is 3.78. The molecule has 0 aliphatic heterocycles. The Labute approximate surface area is 95.0 Å². The Hall–Kier alpha value is -0.530. The van der Waals surface area contributed by atoms with E-state index in [9.17, 15) is 4.79 Å². The van der Waals surface area contributed by atoms with Crippen LogP contribution in [0.3, 0.4) is 0 Å². The third kappa shape index (κ3) is 7.40. The number of hydrogen-bond donors (Lipinski definition) is 0. The van der Waals surface area contributed by atoms with Crippen LogP contribution in [0.1, 0.15) is 59.8 Å². The second kappa shape index (κ2) is 8.75. The zero-order valence-corrected chi connectivity index (χ0v) is 10.9. The summed E-state index contributed by atoms with van der Waals surface area (Å²) in [6.45, 7) is 10.4. The molecule has 0 radical (unpaired) electrons. The average Bonchev–Trinajstić information content (AvgIpc) is 2.18. The predicted octanol–water partition coefficient (Wildman–Crippen LogP) is 3.46. The smallest absolute Gasteiger partial charge is 0.222 e. The lowest BCUT2D eigenvalue weighted by Crippen LogP contribution is -2.32. The van der Waals surface area contributed by atoms with E-state index in [0.29, 0.717) is 11.8 Å². The third-order valence-corrected chi connectivity index (χ3v) is 2.70. The first-order valence-corrected chi connectivity index (χ1v) is 6.39. The summed E-state index contributed by atoms with van der Waals surface area (Å²) in [4.78, 5) is 13.8. The van der Waals surface area contributed by atoms with E-state index in [2.05, 4.69) is 27.7 Å². The maximum atomic E-state index is 11.8. The summed E-state index contributed by atoms with van der Waals surface area (Å²) < 4.78 is 0. The highest BCUT2D eigenvalue weighted by molar-refractivity contribution is 5.76. The summed E-state index contributed by atoms with van der Waals surface area (Å²) in [6, 6.07) is 0. The fourth-order valence-electron chi connectivity index (χ4n) is 1.56. The molecule has 0 saturated heterocycles. The molecule has 0 aliphatic carbocycles. The van der Waals surface area contributed by atoms with E-state index in [4.69, 9.17) is 0 Å². The van der Waals surface area contributed by atoms with Gasteiger partial charge in [-0.3, -0.25) is 4.79 Å². The van der Waals surface area contributed by atoms with Gasteiger partial charge in [-0.2, -0.15) is 0 Å². The monoisotopic (exact) mass is 213 g/mol. The molecule has 2 nitrogen and oxygen atoms in total. The molecule has 15 heavy (non-hydrogen) atoms. The molecule has 0 aromatic rings. The number of nitrogens with zero attached hydrogens (tertiary/aromatic N) is 1. The van der Waals surface area contributed by atoms with Crippen LogP contribution in [0.4, 0.5) is 0 Å². The number of carbonyl (C=O) groups excluding carboxylic acids is 1. The normalized spacial score (nSPS) is 10.7. The first kappa shape index (κ1) is 14.5. The molecule has 0 aliphatic rings. The lowest BCUT2D eigenvalue weighted by molar-refractivity contribution is -0.131. The number of amides is 1. The van der Waals surface area contributed by atoms with Crippen molar-refractivity contribution in [2.75, 3.05) is 13.1 Å². The van der Waals surface area contributed by atoms with Gasteiger partial charge in [-0.1, -0.05) is 33.6 Å². The van der Waals surface area contributed by atoms with Crippen molar-refractivity contribution >= 4 is 5.91 Å². The van der Waals surface area contributed by atoms with Crippen LogP contribution < -0.4 is 0 Å². The highest BCUT2D eigenvalue weighted by Gasteiger charge is 2.10. The predicted molar refractivity (Wildman–Crippen MR) is 65.9 cm³/mol. The minimum absolute atomic E-state index is 0.339. The van der Waals surface area contributed by atoms with Crippen LogP contribution in [0.15, 0.2) is 0 Å². The summed E-state index contributed by atoms with van der Waals surface area (Å²) >= 11 is 0. The topological polar surface area (TPSA) is 20.3 Å². The van der Waals surface area contributed by atoms with Crippen molar-refractivity contribution in [1.82, 2.24) is 4.90 Å².